The molecule has 0 atom stereocenters. The molecule has 0 spiro atoms. The zero-order valence-corrected chi connectivity index (χ0v) is 10.9. The largest absolute Gasteiger partial charge is 0.395 e. The Kier molecular flexibility index (Phi) is 5.97. The average Bonchev–Trinajstić information content (AvgIpc) is 2.42. The predicted octanol–water partition coefficient (Wildman–Crippen LogP) is 0.874. The lowest BCUT2D eigenvalue weighted by Crippen LogP contribution is -2.29. The smallest absolute Gasteiger partial charge is 0.276 e. The van der Waals surface area contributed by atoms with E-state index in [1.54, 1.807) is 4.90 Å². The van der Waals surface area contributed by atoms with E-state index in [1.807, 2.05) is 6.92 Å². The van der Waals surface area contributed by atoms with Crippen molar-refractivity contribution in [2.24, 2.45) is 5.84 Å². The normalized spacial score (nSPS) is 10.3. The third-order valence-corrected chi connectivity index (χ3v) is 2.63. The van der Waals surface area contributed by atoms with Gasteiger partial charge < -0.3 is 15.4 Å². The minimum atomic E-state index is -0.497. The molecule has 4 N–H and O–H groups in total. The number of aromatic nitrogens is 1. The van der Waals surface area contributed by atoms with E-state index in [1.165, 1.54) is 12.1 Å². The van der Waals surface area contributed by atoms with Gasteiger partial charge >= 0.3 is 0 Å². The SMILES string of the molecule is CCCCN(CCO)c1cc([N+](=O)[O-])cc(NN)n1. The summed E-state index contributed by atoms with van der Waals surface area (Å²) < 4.78 is 0. The number of nitrogens with zero attached hydrogens (tertiary/aromatic N) is 3. The molecule has 0 unspecified atom stereocenters. The zero-order valence-electron chi connectivity index (χ0n) is 10.9. The highest BCUT2D eigenvalue weighted by Crippen LogP contribution is 2.23. The fraction of sp³-hybridized carbons (Fsp3) is 0.545. The zero-order chi connectivity index (χ0) is 14.3. The molecule has 0 aliphatic heterocycles. The fourth-order valence-corrected chi connectivity index (χ4v) is 1.65. The van der Waals surface area contributed by atoms with Gasteiger partial charge in [-0.05, 0) is 6.42 Å². The van der Waals surface area contributed by atoms with Crippen LogP contribution in [0.3, 0.4) is 0 Å². The Hall–Kier alpha value is -1.93. The summed E-state index contributed by atoms with van der Waals surface area (Å²) in [5, 5.41) is 19.9. The molecule has 1 heterocycles. The fourth-order valence-electron chi connectivity index (χ4n) is 1.65. The summed E-state index contributed by atoms with van der Waals surface area (Å²) in [4.78, 5) is 16.3. The number of nitrogen functional groups attached to an aromatic ring is 1. The van der Waals surface area contributed by atoms with Crippen molar-refractivity contribution in [3.8, 4) is 0 Å². The van der Waals surface area contributed by atoms with Crippen LogP contribution in [0.25, 0.3) is 0 Å². The van der Waals surface area contributed by atoms with Crippen molar-refractivity contribution in [3.05, 3.63) is 22.2 Å². The summed E-state index contributed by atoms with van der Waals surface area (Å²) >= 11 is 0. The van der Waals surface area contributed by atoms with E-state index in [0.29, 0.717) is 18.9 Å². The summed E-state index contributed by atoms with van der Waals surface area (Å²) in [5.41, 5.74) is 2.23. The maximum absolute atomic E-state index is 10.9. The van der Waals surface area contributed by atoms with Crippen LogP contribution in [0.15, 0.2) is 12.1 Å². The number of nitro groups is 1. The summed E-state index contributed by atoms with van der Waals surface area (Å²) in [6, 6.07) is 2.65. The standard InChI is InChI=1S/C11H19N5O3/c1-2-3-4-15(5-6-17)11-8-9(16(18)19)7-10(13-11)14-12/h7-8,17H,2-6,12H2,1H3,(H,13,14). The molecule has 0 aliphatic carbocycles. The first-order valence-electron chi connectivity index (χ1n) is 6.11. The lowest BCUT2D eigenvalue weighted by molar-refractivity contribution is -0.384. The first-order chi connectivity index (χ1) is 9.12. The van der Waals surface area contributed by atoms with Crippen LogP contribution in [-0.2, 0) is 0 Å². The van der Waals surface area contributed by atoms with E-state index < -0.39 is 4.92 Å². The second kappa shape index (κ2) is 7.49. The Labute approximate surface area is 111 Å². The lowest BCUT2D eigenvalue weighted by Gasteiger charge is -2.22. The van der Waals surface area contributed by atoms with Gasteiger partial charge in [0.2, 0.25) is 0 Å². The Balaban J connectivity index is 3.05. The minimum Gasteiger partial charge on any atom is -0.395 e. The van der Waals surface area contributed by atoms with Crippen LogP contribution in [0, 0.1) is 10.1 Å². The van der Waals surface area contributed by atoms with Gasteiger partial charge in [0.1, 0.15) is 11.6 Å². The second-order valence-corrected chi connectivity index (χ2v) is 4.03. The first-order valence-corrected chi connectivity index (χ1v) is 6.11. The van der Waals surface area contributed by atoms with Gasteiger partial charge in [-0.1, -0.05) is 13.3 Å². The number of pyridine rings is 1. The lowest BCUT2D eigenvalue weighted by atomic mass is 10.3. The third kappa shape index (κ3) is 4.34. The molecule has 0 saturated carbocycles. The topological polar surface area (TPSA) is 118 Å². The number of nitrogens with two attached hydrogens (primary N) is 1. The summed E-state index contributed by atoms with van der Waals surface area (Å²) in [6.45, 7) is 3.05. The molecular formula is C11H19N5O3. The number of nitrogens with one attached hydrogen (secondary N) is 1. The highest BCUT2D eigenvalue weighted by atomic mass is 16.6. The maximum atomic E-state index is 10.9. The number of hydrogen-bond acceptors (Lipinski definition) is 7. The van der Waals surface area contributed by atoms with Gasteiger partial charge in [0, 0.05) is 13.1 Å². The van der Waals surface area contributed by atoms with Crippen LogP contribution in [0.1, 0.15) is 19.8 Å². The van der Waals surface area contributed by atoms with Crippen LogP contribution in [0.2, 0.25) is 0 Å². The van der Waals surface area contributed by atoms with E-state index in [9.17, 15) is 10.1 Å². The van der Waals surface area contributed by atoms with E-state index in [-0.39, 0.29) is 18.1 Å². The van der Waals surface area contributed by atoms with E-state index in [0.717, 1.165) is 12.8 Å². The molecular weight excluding hydrogens is 250 g/mol. The molecule has 0 fully saturated rings. The number of hydrazine groups is 1. The molecule has 0 aromatic carbocycles. The van der Waals surface area contributed by atoms with Crippen molar-refractivity contribution in [2.75, 3.05) is 30.0 Å². The molecule has 0 saturated heterocycles. The van der Waals surface area contributed by atoms with Gasteiger partial charge in [0.25, 0.3) is 5.69 Å². The Morgan fingerprint density at radius 2 is 2.26 bits per heavy atom. The summed E-state index contributed by atoms with van der Waals surface area (Å²) in [6.07, 6.45) is 1.90. The molecule has 8 heteroatoms. The Morgan fingerprint density at radius 3 is 2.79 bits per heavy atom. The Bertz CT molecular complexity index is 427. The third-order valence-electron chi connectivity index (χ3n) is 2.63. The first kappa shape index (κ1) is 15.1. The van der Waals surface area contributed by atoms with Crippen LogP contribution >= 0.6 is 0 Å². The molecule has 0 amide bonds. The van der Waals surface area contributed by atoms with Crippen molar-refractivity contribution in [1.29, 1.82) is 0 Å². The van der Waals surface area contributed by atoms with Crippen molar-refractivity contribution < 1.29 is 10.0 Å². The highest BCUT2D eigenvalue weighted by Gasteiger charge is 2.15. The number of unbranched alkanes of at least 4 members (excludes halogenated alkanes) is 1. The van der Waals surface area contributed by atoms with Crippen molar-refractivity contribution in [1.82, 2.24) is 4.98 Å². The maximum Gasteiger partial charge on any atom is 0.276 e. The molecule has 0 aliphatic rings. The van der Waals surface area contributed by atoms with E-state index in [4.69, 9.17) is 10.9 Å². The summed E-state index contributed by atoms with van der Waals surface area (Å²) in [5.74, 6) is 5.92. The number of aliphatic hydroxyl groups excluding tert-OH is 1. The molecule has 8 nitrogen and oxygen atoms in total. The van der Waals surface area contributed by atoms with Crippen LogP contribution in [0.4, 0.5) is 17.3 Å². The quantitative estimate of drug-likeness (QED) is 0.364. The monoisotopic (exact) mass is 269 g/mol. The average molecular weight is 269 g/mol. The minimum absolute atomic E-state index is 0.0422. The molecule has 19 heavy (non-hydrogen) atoms. The molecule has 106 valence electrons. The van der Waals surface area contributed by atoms with E-state index >= 15 is 0 Å². The summed E-state index contributed by atoms with van der Waals surface area (Å²) in [7, 11) is 0. The van der Waals surface area contributed by atoms with E-state index in [2.05, 4.69) is 10.4 Å². The number of anilines is 2. The van der Waals surface area contributed by atoms with Crippen LogP contribution in [-0.4, -0.2) is 34.7 Å². The van der Waals surface area contributed by atoms with Crippen molar-refractivity contribution >= 4 is 17.3 Å². The second-order valence-electron chi connectivity index (χ2n) is 4.03. The van der Waals surface area contributed by atoms with Gasteiger partial charge in [-0.25, -0.2) is 10.8 Å². The number of aliphatic hydroxyl groups is 1. The van der Waals surface area contributed by atoms with Gasteiger partial charge in [0.05, 0.1) is 23.7 Å². The van der Waals surface area contributed by atoms with Gasteiger partial charge in [-0.15, -0.1) is 0 Å². The van der Waals surface area contributed by atoms with Gasteiger partial charge in [0.15, 0.2) is 0 Å². The van der Waals surface area contributed by atoms with Crippen molar-refractivity contribution in [2.45, 2.75) is 19.8 Å². The van der Waals surface area contributed by atoms with Crippen molar-refractivity contribution in [3.63, 3.8) is 0 Å². The molecule has 1 rings (SSSR count). The number of hydrogen-bond donors (Lipinski definition) is 3. The van der Waals surface area contributed by atoms with Crippen LogP contribution in [0.5, 0.6) is 0 Å². The van der Waals surface area contributed by atoms with Gasteiger partial charge in [-0.2, -0.15) is 0 Å². The highest BCUT2D eigenvalue weighted by molar-refractivity contribution is 5.55. The molecule has 1 aromatic heterocycles. The Morgan fingerprint density at radius 1 is 1.53 bits per heavy atom. The predicted molar refractivity (Wildman–Crippen MR) is 72.9 cm³/mol. The molecule has 0 radical (unpaired) electrons. The number of rotatable bonds is 8. The molecule has 0 bridgehead atoms. The van der Waals surface area contributed by atoms with Crippen LogP contribution < -0.4 is 16.2 Å². The van der Waals surface area contributed by atoms with Gasteiger partial charge in [-0.3, -0.25) is 10.1 Å². The molecule has 1 aromatic rings.